The molecule has 1 aromatic heterocycles. The maximum Gasteiger partial charge on any atom is 0.211 e. The summed E-state index contributed by atoms with van der Waals surface area (Å²) in [4.78, 5) is 13.1. The van der Waals surface area contributed by atoms with Gasteiger partial charge in [0.25, 0.3) is 0 Å². The molecule has 3 aromatic rings. The third-order valence-electron chi connectivity index (χ3n) is 3.82. The minimum absolute atomic E-state index is 0.0722. The van der Waals surface area contributed by atoms with Gasteiger partial charge < -0.3 is 5.11 Å². The van der Waals surface area contributed by atoms with Crippen molar-refractivity contribution in [1.29, 1.82) is 0 Å². The van der Waals surface area contributed by atoms with E-state index >= 15 is 0 Å². The third-order valence-corrected chi connectivity index (χ3v) is 4.43. The van der Waals surface area contributed by atoms with Crippen LogP contribution in [-0.2, 0) is 0 Å². The standard InChI is InChI=1S/C18H17BrN2O2/c1-10(2)21-16(13-6-4-5-7-15(13)20-21)18(23)12-8-11(3)17(22)14(19)9-12/h4-10,22H,1-3H3. The van der Waals surface area contributed by atoms with Crippen molar-refractivity contribution >= 4 is 32.6 Å². The molecule has 3 rings (SSSR count). The lowest BCUT2D eigenvalue weighted by Crippen LogP contribution is -2.14. The van der Waals surface area contributed by atoms with Gasteiger partial charge in [-0.2, -0.15) is 5.10 Å². The molecule has 0 saturated carbocycles. The van der Waals surface area contributed by atoms with Crippen molar-refractivity contribution in [1.82, 2.24) is 9.78 Å². The van der Waals surface area contributed by atoms with Crippen molar-refractivity contribution in [2.75, 3.05) is 0 Å². The van der Waals surface area contributed by atoms with Crippen molar-refractivity contribution in [2.24, 2.45) is 0 Å². The third kappa shape index (κ3) is 2.65. The first-order valence-electron chi connectivity index (χ1n) is 7.41. The number of nitrogens with zero attached hydrogens (tertiary/aromatic N) is 2. The van der Waals surface area contributed by atoms with E-state index < -0.39 is 0 Å². The van der Waals surface area contributed by atoms with Crippen LogP contribution in [0.15, 0.2) is 40.9 Å². The molecule has 4 nitrogen and oxygen atoms in total. The monoisotopic (exact) mass is 372 g/mol. The average molecular weight is 373 g/mol. The Morgan fingerprint density at radius 3 is 2.61 bits per heavy atom. The number of aryl methyl sites for hydroxylation is 1. The predicted molar refractivity (Wildman–Crippen MR) is 94.1 cm³/mol. The van der Waals surface area contributed by atoms with Gasteiger partial charge in [0.1, 0.15) is 11.4 Å². The van der Waals surface area contributed by atoms with Gasteiger partial charge in [0.2, 0.25) is 5.78 Å². The Labute approximate surface area is 142 Å². The van der Waals surface area contributed by atoms with Crippen molar-refractivity contribution < 1.29 is 9.90 Å². The molecular weight excluding hydrogens is 356 g/mol. The average Bonchev–Trinajstić information content (AvgIpc) is 2.91. The second-order valence-corrected chi connectivity index (χ2v) is 6.71. The highest BCUT2D eigenvalue weighted by Crippen LogP contribution is 2.31. The van der Waals surface area contributed by atoms with E-state index in [-0.39, 0.29) is 17.6 Å². The second-order valence-electron chi connectivity index (χ2n) is 5.86. The molecule has 0 amide bonds. The fourth-order valence-electron chi connectivity index (χ4n) is 2.65. The number of hydrogen-bond acceptors (Lipinski definition) is 3. The molecule has 0 spiro atoms. The molecule has 0 saturated heterocycles. The van der Waals surface area contributed by atoms with E-state index in [0.717, 1.165) is 10.9 Å². The van der Waals surface area contributed by atoms with Gasteiger partial charge in [0, 0.05) is 17.0 Å². The maximum atomic E-state index is 13.1. The van der Waals surface area contributed by atoms with Crippen molar-refractivity contribution in [2.45, 2.75) is 26.8 Å². The van der Waals surface area contributed by atoms with E-state index in [0.29, 0.717) is 21.3 Å². The van der Waals surface area contributed by atoms with Gasteiger partial charge in [-0.25, -0.2) is 0 Å². The number of ketones is 1. The number of benzene rings is 2. The molecule has 0 unspecified atom stereocenters. The second kappa shape index (κ2) is 5.81. The van der Waals surface area contributed by atoms with Crippen molar-refractivity contribution in [3.63, 3.8) is 0 Å². The highest BCUT2D eigenvalue weighted by molar-refractivity contribution is 9.10. The van der Waals surface area contributed by atoms with Gasteiger partial charge in [-0.3, -0.25) is 9.48 Å². The van der Waals surface area contributed by atoms with E-state index in [9.17, 15) is 9.90 Å². The lowest BCUT2D eigenvalue weighted by molar-refractivity contribution is 0.102. The number of halogens is 1. The minimum atomic E-state index is -0.101. The molecule has 0 bridgehead atoms. The molecule has 5 heteroatoms. The minimum Gasteiger partial charge on any atom is -0.506 e. The molecule has 0 radical (unpaired) electrons. The van der Waals surface area contributed by atoms with Crippen LogP contribution in [0.3, 0.4) is 0 Å². The highest BCUT2D eigenvalue weighted by Gasteiger charge is 2.22. The summed E-state index contributed by atoms with van der Waals surface area (Å²) in [5.41, 5.74) is 2.56. The molecule has 2 aromatic carbocycles. The summed E-state index contributed by atoms with van der Waals surface area (Å²) in [5, 5.41) is 15.3. The summed E-state index contributed by atoms with van der Waals surface area (Å²) in [6.45, 7) is 5.77. The Bertz CT molecular complexity index is 890. The maximum absolute atomic E-state index is 13.1. The normalized spacial score (nSPS) is 11.3. The van der Waals surface area contributed by atoms with E-state index in [1.165, 1.54) is 0 Å². The molecular formula is C18H17BrN2O2. The van der Waals surface area contributed by atoms with Crippen LogP contribution in [0, 0.1) is 6.92 Å². The zero-order chi connectivity index (χ0) is 16.7. The number of fused-ring (bicyclic) bond motifs is 1. The van der Waals surface area contributed by atoms with Gasteiger partial charge in [-0.1, -0.05) is 18.2 Å². The number of phenolic OH excluding ortho intramolecular Hbond substituents is 1. The smallest absolute Gasteiger partial charge is 0.211 e. The largest absolute Gasteiger partial charge is 0.506 e. The van der Waals surface area contributed by atoms with Crippen LogP contribution in [0.1, 0.15) is 41.5 Å². The molecule has 0 atom stereocenters. The molecule has 0 fully saturated rings. The Morgan fingerprint density at radius 2 is 1.96 bits per heavy atom. The quantitative estimate of drug-likeness (QED) is 0.682. The molecule has 0 aliphatic rings. The topological polar surface area (TPSA) is 55.1 Å². The van der Waals surface area contributed by atoms with E-state index in [2.05, 4.69) is 21.0 Å². The van der Waals surface area contributed by atoms with Crippen LogP contribution in [0.2, 0.25) is 0 Å². The Balaban J connectivity index is 2.23. The molecule has 0 aliphatic carbocycles. The number of aromatic hydroxyl groups is 1. The fraction of sp³-hybridized carbons (Fsp3) is 0.222. The first-order chi connectivity index (χ1) is 10.9. The SMILES string of the molecule is Cc1cc(C(=O)c2c3ccccc3nn2C(C)C)cc(Br)c1O. The summed E-state index contributed by atoms with van der Waals surface area (Å²) >= 11 is 3.30. The number of hydrogen-bond donors (Lipinski definition) is 1. The molecule has 1 heterocycles. The number of rotatable bonds is 3. The predicted octanol–water partition coefficient (Wildman–Crippen LogP) is 4.62. The summed E-state index contributed by atoms with van der Waals surface area (Å²) in [6, 6.07) is 11.1. The van der Waals surface area contributed by atoms with E-state index in [4.69, 9.17) is 0 Å². The van der Waals surface area contributed by atoms with Crippen LogP contribution >= 0.6 is 15.9 Å². The number of phenols is 1. The van der Waals surface area contributed by atoms with Crippen molar-refractivity contribution in [3.05, 3.63) is 57.7 Å². The van der Waals surface area contributed by atoms with Crippen LogP contribution in [0.4, 0.5) is 0 Å². The highest BCUT2D eigenvalue weighted by atomic mass is 79.9. The van der Waals surface area contributed by atoms with Crippen LogP contribution in [-0.4, -0.2) is 20.7 Å². The van der Waals surface area contributed by atoms with Crippen LogP contribution < -0.4 is 0 Å². The lowest BCUT2D eigenvalue weighted by atomic mass is 10.0. The first-order valence-corrected chi connectivity index (χ1v) is 8.20. The Morgan fingerprint density at radius 1 is 1.26 bits per heavy atom. The van der Waals surface area contributed by atoms with Gasteiger partial charge in [-0.15, -0.1) is 0 Å². The number of carbonyl (C=O) groups is 1. The zero-order valence-corrected chi connectivity index (χ0v) is 14.8. The summed E-state index contributed by atoms with van der Waals surface area (Å²) in [6.07, 6.45) is 0. The first kappa shape index (κ1) is 15.7. The Kier molecular flexibility index (Phi) is 3.98. The van der Waals surface area contributed by atoms with Gasteiger partial charge >= 0.3 is 0 Å². The van der Waals surface area contributed by atoms with Gasteiger partial charge in [0.15, 0.2) is 0 Å². The fourth-order valence-corrected chi connectivity index (χ4v) is 3.21. The number of carbonyl (C=O) groups excluding carboxylic acids is 1. The van der Waals surface area contributed by atoms with E-state index in [1.807, 2.05) is 38.1 Å². The summed E-state index contributed by atoms with van der Waals surface area (Å²) in [5.74, 6) is 0.0555. The van der Waals surface area contributed by atoms with E-state index in [1.54, 1.807) is 23.7 Å². The lowest BCUT2D eigenvalue weighted by Gasteiger charge is -2.11. The molecule has 1 N–H and O–H groups in total. The summed E-state index contributed by atoms with van der Waals surface area (Å²) < 4.78 is 2.28. The van der Waals surface area contributed by atoms with Gasteiger partial charge in [-0.05, 0) is 60.5 Å². The Hall–Kier alpha value is -2.14. The van der Waals surface area contributed by atoms with Crippen molar-refractivity contribution in [3.8, 4) is 5.75 Å². The molecule has 118 valence electrons. The van der Waals surface area contributed by atoms with Crippen LogP contribution in [0.5, 0.6) is 5.75 Å². The zero-order valence-electron chi connectivity index (χ0n) is 13.2. The number of aromatic nitrogens is 2. The molecule has 0 aliphatic heterocycles. The van der Waals surface area contributed by atoms with Gasteiger partial charge in [0.05, 0.1) is 9.99 Å². The summed E-state index contributed by atoms with van der Waals surface area (Å²) in [7, 11) is 0. The van der Waals surface area contributed by atoms with Crippen LogP contribution in [0.25, 0.3) is 10.9 Å². The molecule has 23 heavy (non-hydrogen) atoms.